The molecule has 0 aliphatic heterocycles. The smallest absolute Gasteiger partial charge is 0.245 e. The fourth-order valence-electron chi connectivity index (χ4n) is 1.79. The summed E-state index contributed by atoms with van der Waals surface area (Å²) in [6.07, 6.45) is 0. The molecule has 0 spiro atoms. The number of benzene rings is 2. The van der Waals surface area contributed by atoms with Crippen molar-refractivity contribution in [2.45, 2.75) is 4.90 Å². The van der Waals surface area contributed by atoms with Crippen molar-refractivity contribution in [3.8, 4) is 5.75 Å². The molecule has 4 nitrogen and oxygen atoms in total. The van der Waals surface area contributed by atoms with Crippen molar-refractivity contribution in [1.29, 1.82) is 0 Å². The Kier molecular flexibility index (Phi) is 5.27. The van der Waals surface area contributed by atoms with Gasteiger partial charge in [0.15, 0.2) is 0 Å². The zero-order valence-electron chi connectivity index (χ0n) is 12.2. The molecule has 0 amide bonds. The number of hydrogen-bond acceptors (Lipinski definition) is 3. The van der Waals surface area contributed by atoms with E-state index in [1.165, 1.54) is 31.3 Å². The third-order valence-corrected chi connectivity index (χ3v) is 4.94. The van der Waals surface area contributed by atoms with Crippen molar-refractivity contribution in [3.63, 3.8) is 0 Å². The SMILES string of the molecule is CN(CCOc1ccc(F)cc1)S(=O)(=O)c1cc(F)ccc1F. The maximum absolute atomic E-state index is 13.6. The van der Waals surface area contributed by atoms with Crippen molar-refractivity contribution in [2.75, 3.05) is 20.2 Å². The molecule has 2 aromatic carbocycles. The van der Waals surface area contributed by atoms with Gasteiger partial charge in [0, 0.05) is 13.6 Å². The minimum absolute atomic E-state index is 0.0295. The summed E-state index contributed by atoms with van der Waals surface area (Å²) >= 11 is 0. The molecule has 0 radical (unpaired) electrons. The van der Waals surface area contributed by atoms with E-state index in [2.05, 4.69) is 0 Å². The molecule has 0 aromatic heterocycles. The van der Waals surface area contributed by atoms with E-state index in [1.807, 2.05) is 0 Å². The van der Waals surface area contributed by atoms with Crippen molar-refractivity contribution in [2.24, 2.45) is 0 Å². The van der Waals surface area contributed by atoms with E-state index in [4.69, 9.17) is 4.74 Å². The predicted molar refractivity (Wildman–Crippen MR) is 78.1 cm³/mol. The minimum Gasteiger partial charge on any atom is -0.492 e. The molecule has 23 heavy (non-hydrogen) atoms. The number of ether oxygens (including phenoxy) is 1. The van der Waals surface area contributed by atoms with Gasteiger partial charge in [-0.05, 0) is 42.5 Å². The van der Waals surface area contributed by atoms with Gasteiger partial charge in [0.2, 0.25) is 10.0 Å². The number of rotatable bonds is 6. The topological polar surface area (TPSA) is 46.6 Å². The molecule has 0 aliphatic rings. The van der Waals surface area contributed by atoms with Crippen LogP contribution in [0.2, 0.25) is 0 Å². The average Bonchev–Trinajstić information content (AvgIpc) is 2.51. The first kappa shape index (κ1) is 17.3. The molecule has 2 rings (SSSR count). The summed E-state index contributed by atoms with van der Waals surface area (Å²) in [6, 6.07) is 7.43. The third kappa shape index (κ3) is 4.23. The van der Waals surface area contributed by atoms with E-state index in [9.17, 15) is 21.6 Å². The van der Waals surface area contributed by atoms with Gasteiger partial charge in [0.1, 0.15) is 34.7 Å². The summed E-state index contributed by atoms with van der Waals surface area (Å²) in [7, 11) is -2.95. The van der Waals surface area contributed by atoms with Gasteiger partial charge in [-0.15, -0.1) is 0 Å². The molecule has 0 aliphatic carbocycles. The normalized spacial score (nSPS) is 11.7. The Hall–Kier alpha value is -2.06. The third-order valence-electron chi connectivity index (χ3n) is 3.07. The largest absolute Gasteiger partial charge is 0.492 e. The van der Waals surface area contributed by atoms with Crippen LogP contribution in [0.5, 0.6) is 5.75 Å². The molecule has 0 saturated heterocycles. The molecular weight excluding hydrogens is 331 g/mol. The molecule has 0 unspecified atom stereocenters. The van der Waals surface area contributed by atoms with Crippen molar-refractivity contribution >= 4 is 10.0 Å². The van der Waals surface area contributed by atoms with Gasteiger partial charge in [-0.1, -0.05) is 0 Å². The molecule has 0 atom stereocenters. The number of likely N-dealkylation sites (N-methyl/N-ethyl adjacent to an activating group) is 1. The highest BCUT2D eigenvalue weighted by Crippen LogP contribution is 2.19. The molecule has 0 fully saturated rings. The maximum Gasteiger partial charge on any atom is 0.245 e. The summed E-state index contributed by atoms with van der Waals surface area (Å²) in [5, 5.41) is 0. The highest BCUT2D eigenvalue weighted by Gasteiger charge is 2.25. The Bertz CT molecular complexity index is 779. The van der Waals surface area contributed by atoms with Crippen LogP contribution in [0.25, 0.3) is 0 Å². The van der Waals surface area contributed by atoms with Crippen LogP contribution >= 0.6 is 0 Å². The average molecular weight is 345 g/mol. The van der Waals surface area contributed by atoms with Crippen LogP contribution in [0.1, 0.15) is 0 Å². The van der Waals surface area contributed by atoms with Crippen molar-refractivity contribution < 1.29 is 26.3 Å². The lowest BCUT2D eigenvalue weighted by atomic mass is 10.3. The van der Waals surface area contributed by atoms with Crippen LogP contribution in [-0.2, 0) is 10.0 Å². The van der Waals surface area contributed by atoms with Gasteiger partial charge in [-0.3, -0.25) is 0 Å². The summed E-state index contributed by atoms with van der Waals surface area (Å²) < 4.78 is 70.0. The van der Waals surface area contributed by atoms with E-state index >= 15 is 0 Å². The van der Waals surface area contributed by atoms with Gasteiger partial charge < -0.3 is 4.74 Å². The second kappa shape index (κ2) is 7.01. The first-order valence-electron chi connectivity index (χ1n) is 6.60. The summed E-state index contributed by atoms with van der Waals surface area (Å²) in [4.78, 5) is -0.734. The molecule has 0 bridgehead atoms. The lowest BCUT2D eigenvalue weighted by Gasteiger charge is -2.18. The van der Waals surface area contributed by atoms with Crippen molar-refractivity contribution in [3.05, 3.63) is 59.9 Å². The maximum atomic E-state index is 13.6. The van der Waals surface area contributed by atoms with E-state index < -0.39 is 32.4 Å². The zero-order chi connectivity index (χ0) is 17.0. The van der Waals surface area contributed by atoms with E-state index in [-0.39, 0.29) is 13.2 Å². The molecule has 0 N–H and O–H groups in total. The van der Waals surface area contributed by atoms with Gasteiger partial charge in [-0.25, -0.2) is 21.6 Å². The van der Waals surface area contributed by atoms with Gasteiger partial charge in [-0.2, -0.15) is 4.31 Å². The van der Waals surface area contributed by atoms with Crippen LogP contribution in [0.3, 0.4) is 0 Å². The molecule has 8 heteroatoms. The highest BCUT2D eigenvalue weighted by atomic mass is 32.2. The number of hydrogen-bond donors (Lipinski definition) is 0. The summed E-state index contributed by atoms with van der Waals surface area (Å²) in [5.41, 5.74) is 0. The molecule has 0 heterocycles. The first-order valence-corrected chi connectivity index (χ1v) is 8.04. The lowest BCUT2D eigenvalue weighted by Crippen LogP contribution is -2.31. The quantitative estimate of drug-likeness (QED) is 0.809. The van der Waals surface area contributed by atoms with E-state index in [0.717, 1.165) is 16.4 Å². The minimum atomic E-state index is -4.17. The number of sulfonamides is 1. The Balaban J connectivity index is 2.02. The Morgan fingerprint density at radius 2 is 1.61 bits per heavy atom. The standard InChI is InChI=1S/C15H14F3NO3S/c1-19(8-9-22-13-5-2-11(16)3-6-13)23(20,21)15-10-12(17)4-7-14(15)18/h2-7,10H,8-9H2,1H3. The summed E-state index contributed by atoms with van der Waals surface area (Å²) in [5.74, 6) is -1.92. The van der Waals surface area contributed by atoms with Crippen LogP contribution in [0, 0.1) is 17.5 Å². The van der Waals surface area contributed by atoms with Gasteiger partial charge in [0.05, 0.1) is 0 Å². The number of halogens is 3. The Morgan fingerprint density at radius 1 is 1.00 bits per heavy atom. The predicted octanol–water partition coefficient (Wildman–Crippen LogP) is 2.80. The van der Waals surface area contributed by atoms with Crippen LogP contribution in [0.15, 0.2) is 47.4 Å². The van der Waals surface area contributed by atoms with Crippen LogP contribution in [0.4, 0.5) is 13.2 Å². The monoisotopic (exact) mass is 345 g/mol. The highest BCUT2D eigenvalue weighted by molar-refractivity contribution is 7.89. The zero-order valence-corrected chi connectivity index (χ0v) is 13.0. The fourth-order valence-corrected chi connectivity index (χ4v) is 3.01. The second-order valence-electron chi connectivity index (χ2n) is 4.70. The molecule has 124 valence electrons. The first-order chi connectivity index (χ1) is 10.8. The lowest BCUT2D eigenvalue weighted by molar-refractivity contribution is 0.286. The second-order valence-corrected chi connectivity index (χ2v) is 6.72. The molecule has 0 saturated carbocycles. The molecule has 2 aromatic rings. The number of nitrogens with zero attached hydrogens (tertiary/aromatic N) is 1. The van der Waals surface area contributed by atoms with Gasteiger partial charge >= 0.3 is 0 Å². The van der Waals surface area contributed by atoms with E-state index in [1.54, 1.807) is 0 Å². The van der Waals surface area contributed by atoms with Gasteiger partial charge in [0.25, 0.3) is 0 Å². The fraction of sp³-hybridized carbons (Fsp3) is 0.200. The van der Waals surface area contributed by atoms with Crippen LogP contribution in [-0.4, -0.2) is 32.9 Å². The van der Waals surface area contributed by atoms with E-state index in [0.29, 0.717) is 11.8 Å². The molecular formula is C15H14F3NO3S. The Labute approximate surface area is 132 Å². The van der Waals surface area contributed by atoms with Crippen molar-refractivity contribution in [1.82, 2.24) is 4.31 Å². The van der Waals surface area contributed by atoms with Crippen LogP contribution < -0.4 is 4.74 Å². The Morgan fingerprint density at radius 3 is 2.26 bits per heavy atom. The summed E-state index contributed by atoms with van der Waals surface area (Å²) in [6.45, 7) is -0.117.